The van der Waals surface area contributed by atoms with Crippen molar-refractivity contribution in [3.8, 4) is 5.75 Å². The minimum absolute atomic E-state index is 0.0683. The van der Waals surface area contributed by atoms with E-state index >= 15 is 0 Å². The van der Waals surface area contributed by atoms with Gasteiger partial charge in [0.15, 0.2) is 0 Å². The first-order valence-electron chi connectivity index (χ1n) is 7.27. The van der Waals surface area contributed by atoms with Gasteiger partial charge < -0.3 is 4.74 Å². The molecule has 1 N–H and O–H groups in total. The van der Waals surface area contributed by atoms with Crippen LogP contribution in [0.2, 0.25) is 0 Å². The maximum Gasteiger partial charge on any atom is 0.240 e. The predicted molar refractivity (Wildman–Crippen MR) is 92.9 cm³/mol. The minimum atomic E-state index is -1.19. The minimum Gasteiger partial charge on any atom is -0.495 e. The second-order valence-corrected chi connectivity index (χ2v) is 6.69. The zero-order chi connectivity index (χ0) is 16.8. The van der Waals surface area contributed by atoms with Crippen LogP contribution in [0.1, 0.15) is 18.9 Å². The van der Waals surface area contributed by atoms with Crippen LogP contribution in [0.25, 0.3) is 6.08 Å². The predicted octanol–water partition coefficient (Wildman–Crippen LogP) is 2.51. The number of nitrogens with one attached hydrogen (secondary N) is 1. The van der Waals surface area contributed by atoms with E-state index in [1.54, 1.807) is 19.3 Å². The van der Waals surface area contributed by atoms with Gasteiger partial charge in [-0.2, -0.15) is 5.10 Å². The molecule has 0 spiro atoms. The van der Waals surface area contributed by atoms with Gasteiger partial charge in [-0.25, -0.2) is 5.43 Å². The standard InChI is InChI=1S/C17H20N2O3S/c1-4-9-23(21)16-11-13(6-8-15(16)22-3)5-7-14-12(2)10-17(20)19-18-14/h4-8,11-12H,1,9-10H2,2-3H3,(H,19,20). The molecule has 122 valence electrons. The number of carbonyl (C=O) groups excluding carboxylic acids is 1. The number of hydrogen-bond acceptors (Lipinski definition) is 4. The van der Waals surface area contributed by atoms with Crippen LogP contribution in [0, 0.1) is 5.92 Å². The Morgan fingerprint density at radius 2 is 2.26 bits per heavy atom. The van der Waals surface area contributed by atoms with Crippen LogP contribution in [0.15, 0.2) is 46.9 Å². The fraction of sp³-hybridized carbons (Fsp3) is 0.294. The first-order valence-corrected chi connectivity index (χ1v) is 8.59. The Hall–Kier alpha value is -2.21. The van der Waals surface area contributed by atoms with E-state index in [0.29, 0.717) is 22.8 Å². The molecule has 0 aliphatic carbocycles. The highest BCUT2D eigenvalue weighted by Crippen LogP contribution is 2.24. The molecule has 1 aromatic carbocycles. The number of amides is 1. The van der Waals surface area contributed by atoms with Crippen molar-refractivity contribution in [2.24, 2.45) is 11.0 Å². The lowest BCUT2D eigenvalue weighted by molar-refractivity contribution is -0.121. The van der Waals surface area contributed by atoms with E-state index in [1.807, 2.05) is 31.2 Å². The molecule has 2 rings (SSSR count). The Bertz CT molecular complexity index is 695. The maximum atomic E-state index is 12.2. The van der Waals surface area contributed by atoms with Gasteiger partial charge in [-0.05, 0) is 23.8 Å². The molecule has 1 amide bonds. The number of hydrazone groups is 1. The molecule has 0 saturated carbocycles. The summed E-state index contributed by atoms with van der Waals surface area (Å²) in [7, 11) is 0.367. The van der Waals surface area contributed by atoms with E-state index in [0.717, 1.165) is 11.3 Å². The van der Waals surface area contributed by atoms with E-state index in [1.165, 1.54) is 0 Å². The number of hydrogen-bond donors (Lipinski definition) is 1. The summed E-state index contributed by atoms with van der Waals surface area (Å²) in [5.41, 5.74) is 4.19. The Labute approximate surface area is 138 Å². The fourth-order valence-corrected chi connectivity index (χ4v) is 3.26. The van der Waals surface area contributed by atoms with Gasteiger partial charge in [-0.15, -0.1) is 6.58 Å². The summed E-state index contributed by atoms with van der Waals surface area (Å²) in [4.78, 5) is 11.9. The third-order valence-electron chi connectivity index (χ3n) is 3.45. The highest BCUT2D eigenvalue weighted by atomic mass is 32.2. The quantitative estimate of drug-likeness (QED) is 0.814. The van der Waals surface area contributed by atoms with E-state index in [-0.39, 0.29) is 11.8 Å². The molecule has 2 atom stereocenters. The highest BCUT2D eigenvalue weighted by molar-refractivity contribution is 7.85. The van der Waals surface area contributed by atoms with Gasteiger partial charge in [0, 0.05) is 18.1 Å². The first kappa shape index (κ1) is 17.1. The molecule has 1 aliphatic rings. The smallest absolute Gasteiger partial charge is 0.240 e. The molecular formula is C17H20N2O3S. The van der Waals surface area contributed by atoms with Gasteiger partial charge in [-0.3, -0.25) is 9.00 Å². The highest BCUT2D eigenvalue weighted by Gasteiger charge is 2.18. The Kier molecular flexibility index (Phi) is 5.87. The van der Waals surface area contributed by atoms with Crippen LogP contribution in [0.5, 0.6) is 5.75 Å². The number of allylic oxidation sites excluding steroid dienone is 1. The second-order valence-electron chi connectivity index (χ2n) is 5.22. The Morgan fingerprint density at radius 1 is 1.48 bits per heavy atom. The normalized spacial score (nSPS) is 19.1. The van der Waals surface area contributed by atoms with Crippen molar-refractivity contribution < 1.29 is 13.7 Å². The van der Waals surface area contributed by atoms with Crippen LogP contribution in [-0.4, -0.2) is 28.7 Å². The lowest BCUT2D eigenvalue weighted by atomic mass is 9.99. The number of nitrogens with zero attached hydrogens (tertiary/aromatic N) is 1. The molecule has 1 heterocycles. The summed E-state index contributed by atoms with van der Waals surface area (Å²) in [6.45, 7) is 5.58. The number of carbonyl (C=O) groups is 1. The number of ether oxygens (including phenoxy) is 1. The summed E-state index contributed by atoms with van der Waals surface area (Å²) < 4.78 is 17.5. The molecule has 0 fully saturated rings. The molecule has 0 radical (unpaired) electrons. The molecule has 1 aromatic rings. The average molecular weight is 332 g/mol. The van der Waals surface area contributed by atoms with Crippen molar-refractivity contribution >= 4 is 28.5 Å². The zero-order valence-corrected chi connectivity index (χ0v) is 14.1. The maximum absolute atomic E-state index is 12.2. The van der Waals surface area contributed by atoms with Crippen LogP contribution in [0.4, 0.5) is 0 Å². The van der Waals surface area contributed by atoms with E-state index in [2.05, 4.69) is 17.1 Å². The largest absolute Gasteiger partial charge is 0.495 e. The monoisotopic (exact) mass is 332 g/mol. The Morgan fingerprint density at radius 3 is 2.91 bits per heavy atom. The van der Waals surface area contributed by atoms with Crippen molar-refractivity contribution in [2.45, 2.75) is 18.2 Å². The molecule has 0 aromatic heterocycles. The SMILES string of the molecule is C=CCS(=O)c1cc(C=CC2=NNC(=O)CC2C)ccc1OC. The van der Waals surface area contributed by atoms with Gasteiger partial charge in [-0.1, -0.05) is 25.1 Å². The van der Waals surface area contributed by atoms with Gasteiger partial charge in [0.1, 0.15) is 5.75 Å². The van der Waals surface area contributed by atoms with Crippen molar-refractivity contribution in [2.75, 3.05) is 12.9 Å². The van der Waals surface area contributed by atoms with E-state index in [9.17, 15) is 9.00 Å². The molecule has 2 unspecified atom stereocenters. The second kappa shape index (κ2) is 7.87. The topological polar surface area (TPSA) is 67.8 Å². The van der Waals surface area contributed by atoms with Gasteiger partial charge >= 0.3 is 0 Å². The van der Waals surface area contributed by atoms with Crippen molar-refractivity contribution in [3.63, 3.8) is 0 Å². The third-order valence-corrected chi connectivity index (χ3v) is 4.80. The molecule has 0 bridgehead atoms. The summed E-state index contributed by atoms with van der Waals surface area (Å²) in [5.74, 6) is 0.978. The third kappa shape index (κ3) is 4.39. The average Bonchev–Trinajstić information content (AvgIpc) is 2.54. The molecule has 6 heteroatoms. The van der Waals surface area contributed by atoms with Gasteiger partial charge in [0.05, 0.1) is 28.5 Å². The van der Waals surface area contributed by atoms with Gasteiger partial charge in [0.2, 0.25) is 5.91 Å². The summed E-state index contributed by atoms with van der Waals surface area (Å²) >= 11 is 0. The van der Waals surface area contributed by atoms with Crippen LogP contribution in [-0.2, 0) is 15.6 Å². The number of benzene rings is 1. The summed E-state index contributed by atoms with van der Waals surface area (Å²) in [6, 6.07) is 5.52. The van der Waals surface area contributed by atoms with Crippen molar-refractivity contribution in [1.29, 1.82) is 0 Å². The Balaban J connectivity index is 2.25. The zero-order valence-electron chi connectivity index (χ0n) is 13.2. The molecule has 1 aliphatic heterocycles. The van der Waals surface area contributed by atoms with Crippen molar-refractivity contribution in [1.82, 2.24) is 5.43 Å². The molecule has 0 saturated heterocycles. The fourth-order valence-electron chi connectivity index (χ4n) is 2.22. The van der Waals surface area contributed by atoms with Gasteiger partial charge in [0.25, 0.3) is 0 Å². The summed E-state index contributed by atoms with van der Waals surface area (Å²) in [5, 5.41) is 4.06. The number of methoxy groups -OCH3 is 1. The molecule has 5 nitrogen and oxygen atoms in total. The van der Waals surface area contributed by atoms with Crippen LogP contribution in [0.3, 0.4) is 0 Å². The summed E-state index contributed by atoms with van der Waals surface area (Å²) in [6.07, 6.45) is 5.81. The molecule has 23 heavy (non-hydrogen) atoms. The molecular weight excluding hydrogens is 312 g/mol. The van der Waals surface area contributed by atoms with Crippen LogP contribution < -0.4 is 10.2 Å². The van der Waals surface area contributed by atoms with Crippen molar-refractivity contribution in [3.05, 3.63) is 42.5 Å². The first-order chi connectivity index (χ1) is 11.0. The lowest BCUT2D eigenvalue weighted by Gasteiger charge is -2.16. The van der Waals surface area contributed by atoms with Crippen LogP contribution >= 0.6 is 0 Å². The van der Waals surface area contributed by atoms with E-state index in [4.69, 9.17) is 4.74 Å². The van der Waals surface area contributed by atoms with E-state index < -0.39 is 10.8 Å². The number of rotatable bonds is 6. The lowest BCUT2D eigenvalue weighted by Crippen LogP contribution is -2.30.